The molecule has 0 N–H and O–H groups in total. The zero-order chi connectivity index (χ0) is 14.1. The quantitative estimate of drug-likeness (QED) is 0.535. The fourth-order valence-corrected chi connectivity index (χ4v) is 2.61. The van der Waals surface area contributed by atoms with Crippen LogP contribution in [-0.2, 0) is 4.74 Å². The Kier molecular flexibility index (Phi) is 8.13. The van der Waals surface area contributed by atoms with Crippen molar-refractivity contribution >= 4 is 0 Å². The fraction of sp³-hybridized carbons (Fsp3) is 0.778. The standard InChI is InChI=1S/C18H32O/c1-5-7-8-9-10-11-17-16(4)14-19-18(17)13-12-15(3)6-2/h8-9,12-13,15-18H,5-7,10-11,14H2,1-4H3/b9-8+,13-12+. The highest BCUT2D eigenvalue weighted by Crippen LogP contribution is 2.32. The Hall–Kier alpha value is -0.560. The Bertz CT molecular complexity index is 279. The van der Waals surface area contributed by atoms with Crippen LogP contribution in [0.5, 0.6) is 0 Å². The van der Waals surface area contributed by atoms with E-state index in [9.17, 15) is 0 Å². The van der Waals surface area contributed by atoms with Crippen LogP contribution < -0.4 is 0 Å². The third-order valence-corrected chi connectivity index (χ3v) is 4.27. The monoisotopic (exact) mass is 264 g/mol. The van der Waals surface area contributed by atoms with E-state index in [4.69, 9.17) is 4.74 Å². The topological polar surface area (TPSA) is 9.23 Å². The van der Waals surface area contributed by atoms with Gasteiger partial charge in [0.05, 0.1) is 12.7 Å². The van der Waals surface area contributed by atoms with Crippen molar-refractivity contribution in [3.63, 3.8) is 0 Å². The van der Waals surface area contributed by atoms with Crippen molar-refractivity contribution in [1.82, 2.24) is 0 Å². The lowest BCUT2D eigenvalue weighted by Crippen LogP contribution is -2.17. The smallest absolute Gasteiger partial charge is 0.0787 e. The number of hydrogen-bond donors (Lipinski definition) is 0. The minimum Gasteiger partial charge on any atom is -0.374 e. The molecule has 0 aromatic rings. The largest absolute Gasteiger partial charge is 0.374 e. The summed E-state index contributed by atoms with van der Waals surface area (Å²) in [4.78, 5) is 0. The molecule has 0 aliphatic carbocycles. The predicted octanol–water partition coefficient (Wildman–Crippen LogP) is 5.38. The van der Waals surface area contributed by atoms with Gasteiger partial charge in [-0.1, -0.05) is 64.8 Å². The highest BCUT2D eigenvalue weighted by atomic mass is 16.5. The molecule has 0 aromatic heterocycles. The van der Waals surface area contributed by atoms with Crippen molar-refractivity contribution in [3.05, 3.63) is 24.3 Å². The Morgan fingerprint density at radius 2 is 1.95 bits per heavy atom. The minimum atomic E-state index is 0.351. The molecule has 1 heteroatoms. The molecule has 1 aliphatic rings. The van der Waals surface area contributed by atoms with Crippen LogP contribution >= 0.6 is 0 Å². The average Bonchev–Trinajstić information content (AvgIpc) is 2.77. The van der Waals surface area contributed by atoms with Gasteiger partial charge in [0, 0.05) is 0 Å². The minimum absolute atomic E-state index is 0.351. The first-order chi connectivity index (χ1) is 9.19. The summed E-state index contributed by atoms with van der Waals surface area (Å²) in [5.41, 5.74) is 0. The van der Waals surface area contributed by atoms with Crippen molar-refractivity contribution < 1.29 is 4.74 Å². The first-order valence-corrected chi connectivity index (χ1v) is 8.13. The van der Waals surface area contributed by atoms with E-state index in [0.29, 0.717) is 23.9 Å². The van der Waals surface area contributed by atoms with E-state index >= 15 is 0 Å². The summed E-state index contributed by atoms with van der Waals surface area (Å²) in [6.45, 7) is 10.0. The molecule has 0 aromatic carbocycles. The summed E-state index contributed by atoms with van der Waals surface area (Å²) in [5, 5.41) is 0. The summed E-state index contributed by atoms with van der Waals surface area (Å²) in [7, 11) is 0. The SMILES string of the molecule is CCC/C=C/CCC1C(C)COC1/C=C/C(C)CC. The van der Waals surface area contributed by atoms with Crippen molar-refractivity contribution in [2.75, 3.05) is 6.61 Å². The van der Waals surface area contributed by atoms with Crippen LogP contribution in [0.2, 0.25) is 0 Å². The molecule has 1 aliphatic heterocycles. The molecule has 0 radical (unpaired) electrons. The summed E-state index contributed by atoms with van der Waals surface area (Å²) in [6, 6.07) is 0. The van der Waals surface area contributed by atoms with Crippen LogP contribution in [0.4, 0.5) is 0 Å². The van der Waals surface area contributed by atoms with Crippen molar-refractivity contribution in [2.45, 2.75) is 65.9 Å². The van der Waals surface area contributed by atoms with Gasteiger partial charge in [0.1, 0.15) is 0 Å². The normalized spacial score (nSPS) is 29.6. The van der Waals surface area contributed by atoms with Gasteiger partial charge in [0.25, 0.3) is 0 Å². The molecule has 19 heavy (non-hydrogen) atoms. The summed E-state index contributed by atoms with van der Waals surface area (Å²) in [5.74, 6) is 2.07. The van der Waals surface area contributed by atoms with Crippen LogP contribution in [0.1, 0.15) is 59.8 Å². The summed E-state index contributed by atoms with van der Waals surface area (Å²) < 4.78 is 5.94. The van der Waals surface area contributed by atoms with E-state index in [1.54, 1.807) is 0 Å². The van der Waals surface area contributed by atoms with E-state index in [1.165, 1.54) is 32.1 Å². The molecule has 1 nitrogen and oxygen atoms in total. The number of hydrogen-bond acceptors (Lipinski definition) is 1. The lowest BCUT2D eigenvalue weighted by atomic mass is 9.87. The van der Waals surface area contributed by atoms with E-state index in [2.05, 4.69) is 52.0 Å². The number of allylic oxidation sites excluding steroid dienone is 3. The Morgan fingerprint density at radius 3 is 2.63 bits per heavy atom. The van der Waals surface area contributed by atoms with E-state index in [-0.39, 0.29) is 0 Å². The maximum Gasteiger partial charge on any atom is 0.0787 e. The zero-order valence-electron chi connectivity index (χ0n) is 13.3. The first-order valence-electron chi connectivity index (χ1n) is 8.13. The van der Waals surface area contributed by atoms with E-state index < -0.39 is 0 Å². The van der Waals surface area contributed by atoms with Crippen molar-refractivity contribution in [3.8, 4) is 0 Å². The average molecular weight is 264 g/mol. The van der Waals surface area contributed by atoms with Gasteiger partial charge >= 0.3 is 0 Å². The van der Waals surface area contributed by atoms with Gasteiger partial charge < -0.3 is 4.74 Å². The highest BCUT2D eigenvalue weighted by molar-refractivity contribution is 4.99. The van der Waals surface area contributed by atoms with Crippen LogP contribution in [0, 0.1) is 17.8 Å². The summed E-state index contributed by atoms with van der Waals surface area (Å²) in [6.07, 6.45) is 15.8. The fourth-order valence-electron chi connectivity index (χ4n) is 2.61. The van der Waals surface area contributed by atoms with Gasteiger partial charge in [-0.15, -0.1) is 0 Å². The molecule has 1 rings (SSSR count). The molecular weight excluding hydrogens is 232 g/mol. The molecule has 0 saturated carbocycles. The molecule has 0 spiro atoms. The number of ether oxygens (including phenoxy) is 1. The lowest BCUT2D eigenvalue weighted by Gasteiger charge is -2.18. The molecule has 1 fully saturated rings. The van der Waals surface area contributed by atoms with Crippen molar-refractivity contribution in [1.29, 1.82) is 0 Å². The lowest BCUT2D eigenvalue weighted by molar-refractivity contribution is 0.124. The molecule has 1 heterocycles. The molecule has 4 unspecified atom stereocenters. The zero-order valence-corrected chi connectivity index (χ0v) is 13.3. The van der Waals surface area contributed by atoms with Gasteiger partial charge in [0.15, 0.2) is 0 Å². The maximum absolute atomic E-state index is 5.94. The second-order valence-corrected chi connectivity index (χ2v) is 6.05. The Balaban J connectivity index is 2.41. The molecule has 1 saturated heterocycles. The first kappa shape index (κ1) is 16.5. The van der Waals surface area contributed by atoms with Gasteiger partial charge in [-0.3, -0.25) is 0 Å². The molecule has 0 amide bonds. The molecule has 110 valence electrons. The maximum atomic E-state index is 5.94. The van der Waals surface area contributed by atoms with Crippen LogP contribution in [0.25, 0.3) is 0 Å². The van der Waals surface area contributed by atoms with E-state index in [0.717, 1.165) is 6.61 Å². The van der Waals surface area contributed by atoms with Gasteiger partial charge in [0.2, 0.25) is 0 Å². The van der Waals surface area contributed by atoms with Crippen LogP contribution in [0.15, 0.2) is 24.3 Å². The van der Waals surface area contributed by atoms with Gasteiger partial charge in [-0.05, 0) is 37.0 Å². The Labute approximate surface area is 120 Å². The van der Waals surface area contributed by atoms with Crippen LogP contribution in [0.3, 0.4) is 0 Å². The van der Waals surface area contributed by atoms with Crippen LogP contribution in [-0.4, -0.2) is 12.7 Å². The molecule has 0 bridgehead atoms. The third kappa shape index (κ3) is 5.95. The predicted molar refractivity (Wildman–Crippen MR) is 84.3 cm³/mol. The van der Waals surface area contributed by atoms with Gasteiger partial charge in [-0.2, -0.15) is 0 Å². The number of rotatable bonds is 8. The second-order valence-electron chi connectivity index (χ2n) is 6.05. The second kappa shape index (κ2) is 9.36. The van der Waals surface area contributed by atoms with E-state index in [1.807, 2.05) is 0 Å². The number of unbranched alkanes of at least 4 members (excludes halogenated alkanes) is 1. The van der Waals surface area contributed by atoms with Gasteiger partial charge in [-0.25, -0.2) is 0 Å². The molecular formula is C18H32O. The summed E-state index contributed by atoms with van der Waals surface area (Å²) >= 11 is 0. The highest BCUT2D eigenvalue weighted by Gasteiger charge is 2.31. The Morgan fingerprint density at radius 1 is 1.21 bits per heavy atom. The van der Waals surface area contributed by atoms with Crippen molar-refractivity contribution in [2.24, 2.45) is 17.8 Å². The third-order valence-electron chi connectivity index (χ3n) is 4.27. The molecule has 4 atom stereocenters.